The molecular formula is C12H23NO3. The molecule has 0 bridgehead atoms. The third kappa shape index (κ3) is 3.76. The third-order valence-corrected chi connectivity index (χ3v) is 3.03. The average molecular weight is 229 g/mol. The van der Waals surface area contributed by atoms with E-state index in [-0.39, 0.29) is 6.10 Å². The van der Waals surface area contributed by atoms with E-state index in [1.165, 1.54) is 0 Å². The Labute approximate surface area is 97.4 Å². The van der Waals surface area contributed by atoms with Crippen LogP contribution in [0.15, 0.2) is 0 Å². The van der Waals surface area contributed by atoms with Gasteiger partial charge in [0.15, 0.2) is 0 Å². The van der Waals surface area contributed by atoms with Crippen LogP contribution in [0.4, 0.5) is 0 Å². The van der Waals surface area contributed by atoms with Crippen LogP contribution in [-0.2, 0) is 9.53 Å². The maximum atomic E-state index is 11.3. The molecule has 2 unspecified atom stereocenters. The van der Waals surface area contributed by atoms with Crippen LogP contribution in [0.5, 0.6) is 0 Å². The van der Waals surface area contributed by atoms with E-state index < -0.39 is 11.5 Å². The first kappa shape index (κ1) is 13.5. The van der Waals surface area contributed by atoms with Gasteiger partial charge in [0, 0.05) is 13.2 Å². The first-order chi connectivity index (χ1) is 7.44. The molecule has 2 atom stereocenters. The van der Waals surface area contributed by atoms with Crippen LogP contribution in [0.2, 0.25) is 0 Å². The lowest BCUT2D eigenvalue weighted by Gasteiger charge is -2.29. The van der Waals surface area contributed by atoms with Crippen molar-refractivity contribution in [3.8, 4) is 0 Å². The second kappa shape index (κ2) is 5.64. The Morgan fingerprint density at radius 3 is 2.75 bits per heavy atom. The summed E-state index contributed by atoms with van der Waals surface area (Å²) < 4.78 is 5.48. The molecule has 0 aliphatic carbocycles. The van der Waals surface area contributed by atoms with Gasteiger partial charge in [-0.1, -0.05) is 13.8 Å². The number of ether oxygens (including phenoxy) is 1. The highest BCUT2D eigenvalue weighted by atomic mass is 16.5. The van der Waals surface area contributed by atoms with Crippen molar-refractivity contribution in [1.29, 1.82) is 0 Å². The number of carbonyl (C=O) groups is 1. The van der Waals surface area contributed by atoms with Crippen molar-refractivity contribution in [3.63, 3.8) is 0 Å². The summed E-state index contributed by atoms with van der Waals surface area (Å²) in [6.07, 6.45) is 2.94. The lowest BCUT2D eigenvalue weighted by atomic mass is 9.90. The summed E-state index contributed by atoms with van der Waals surface area (Å²) in [6, 6.07) is 0. The molecule has 1 aliphatic rings. The number of rotatable bonds is 6. The van der Waals surface area contributed by atoms with Crippen LogP contribution < -0.4 is 5.32 Å². The molecule has 0 amide bonds. The summed E-state index contributed by atoms with van der Waals surface area (Å²) >= 11 is 0. The van der Waals surface area contributed by atoms with E-state index in [2.05, 4.69) is 5.32 Å². The molecule has 4 nitrogen and oxygen atoms in total. The van der Waals surface area contributed by atoms with Crippen molar-refractivity contribution < 1.29 is 14.6 Å². The highest BCUT2D eigenvalue weighted by Crippen LogP contribution is 2.18. The number of carboxylic acids is 1. The first-order valence-corrected chi connectivity index (χ1v) is 6.04. The van der Waals surface area contributed by atoms with Crippen LogP contribution >= 0.6 is 0 Å². The fourth-order valence-corrected chi connectivity index (χ4v) is 2.20. The maximum Gasteiger partial charge on any atom is 0.323 e. The summed E-state index contributed by atoms with van der Waals surface area (Å²) in [5, 5.41) is 12.4. The Bertz CT molecular complexity index is 236. The quantitative estimate of drug-likeness (QED) is 0.727. The van der Waals surface area contributed by atoms with Crippen LogP contribution in [0.3, 0.4) is 0 Å². The summed E-state index contributed by atoms with van der Waals surface area (Å²) in [4.78, 5) is 11.3. The van der Waals surface area contributed by atoms with E-state index in [0.717, 1.165) is 19.4 Å². The van der Waals surface area contributed by atoms with Gasteiger partial charge in [-0.2, -0.15) is 0 Å². The largest absolute Gasteiger partial charge is 0.480 e. The van der Waals surface area contributed by atoms with Crippen molar-refractivity contribution in [2.24, 2.45) is 5.92 Å². The van der Waals surface area contributed by atoms with E-state index in [9.17, 15) is 9.90 Å². The molecule has 16 heavy (non-hydrogen) atoms. The summed E-state index contributed by atoms with van der Waals surface area (Å²) in [7, 11) is 0. The Hall–Kier alpha value is -0.610. The smallest absolute Gasteiger partial charge is 0.323 e. The van der Waals surface area contributed by atoms with Crippen molar-refractivity contribution in [2.45, 2.75) is 51.7 Å². The van der Waals surface area contributed by atoms with E-state index in [4.69, 9.17) is 4.74 Å². The van der Waals surface area contributed by atoms with E-state index in [1.807, 2.05) is 13.8 Å². The number of carboxylic acid groups (broad SMARTS) is 1. The molecule has 1 fully saturated rings. The normalized spacial score (nSPS) is 24.6. The summed E-state index contributed by atoms with van der Waals surface area (Å²) in [5.74, 6) is -0.419. The highest BCUT2D eigenvalue weighted by molar-refractivity contribution is 5.78. The summed E-state index contributed by atoms with van der Waals surface area (Å²) in [6.45, 7) is 7.27. The molecule has 94 valence electrons. The number of hydrogen-bond acceptors (Lipinski definition) is 3. The van der Waals surface area contributed by atoms with E-state index in [1.54, 1.807) is 6.92 Å². The zero-order valence-electron chi connectivity index (χ0n) is 10.5. The van der Waals surface area contributed by atoms with Gasteiger partial charge in [-0.15, -0.1) is 0 Å². The average Bonchev–Trinajstić information content (AvgIpc) is 2.65. The van der Waals surface area contributed by atoms with Crippen LogP contribution in [-0.4, -0.2) is 35.9 Å². The van der Waals surface area contributed by atoms with Gasteiger partial charge in [0.25, 0.3) is 0 Å². The molecule has 1 heterocycles. The van der Waals surface area contributed by atoms with Crippen molar-refractivity contribution >= 4 is 5.97 Å². The van der Waals surface area contributed by atoms with Gasteiger partial charge in [-0.25, -0.2) is 0 Å². The van der Waals surface area contributed by atoms with E-state index >= 15 is 0 Å². The predicted octanol–water partition coefficient (Wildman–Crippen LogP) is 1.64. The predicted molar refractivity (Wildman–Crippen MR) is 62.5 cm³/mol. The van der Waals surface area contributed by atoms with E-state index in [0.29, 0.717) is 18.9 Å². The zero-order valence-corrected chi connectivity index (χ0v) is 10.5. The van der Waals surface area contributed by atoms with Crippen LogP contribution in [0.25, 0.3) is 0 Å². The minimum Gasteiger partial charge on any atom is -0.480 e. The Kier molecular flexibility index (Phi) is 4.74. The standard InChI is InChI=1S/C12H23NO3/c1-9(2)7-12(3,11(14)15)13-8-10-5-4-6-16-10/h9-10,13H,4-8H2,1-3H3,(H,14,15). The Balaban J connectivity index is 2.46. The van der Waals surface area contributed by atoms with Crippen LogP contribution in [0, 0.1) is 5.92 Å². The molecule has 0 saturated carbocycles. The molecule has 2 N–H and O–H groups in total. The van der Waals surface area contributed by atoms with Gasteiger partial charge in [-0.05, 0) is 32.1 Å². The van der Waals surface area contributed by atoms with Crippen LogP contribution in [0.1, 0.15) is 40.0 Å². The SMILES string of the molecule is CC(C)CC(C)(NCC1CCCO1)C(=O)O. The first-order valence-electron chi connectivity index (χ1n) is 6.04. The number of aliphatic carboxylic acids is 1. The molecule has 4 heteroatoms. The fourth-order valence-electron chi connectivity index (χ4n) is 2.20. The maximum absolute atomic E-state index is 11.3. The van der Waals surface area contributed by atoms with Crippen molar-refractivity contribution in [1.82, 2.24) is 5.32 Å². The lowest BCUT2D eigenvalue weighted by Crippen LogP contribution is -2.52. The third-order valence-electron chi connectivity index (χ3n) is 3.03. The second-order valence-electron chi connectivity index (χ2n) is 5.25. The molecule has 0 aromatic heterocycles. The lowest BCUT2D eigenvalue weighted by molar-refractivity contribution is -0.145. The van der Waals surface area contributed by atoms with Crippen molar-refractivity contribution in [3.05, 3.63) is 0 Å². The molecule has 1 rings (SSSR count). The molecule has 0 aromatic carbocycles. The van der Waals surface area contributed by atoms with Gasteiger partial charge in [0.05, 0.1) is 6.10 Å². The number of hydrogen-bond donors (Lipinski definition) is 2. The van der Waals surface area contributed by atoms with Crippen molar-refractivity contribution in [2.75, 3.05) is 13.2 Å². The molecule has 1 aliphatic heterocycles. The van der Waals surface area contributed by atoms with Gasteiger partial charge >= 0.3 is 5.97 Å². The van der Waals surface area contributed by atoms with Gasteiger partial charge in [0.1, 0.15) is 5.54 Å². The topological polar surface area (TPSA) is 58.6 Å². The molecule has 1 saturated heterocycles. The van der Waals surface area contributed by atoms with Gasteiger partial charge < -0.3 is 9.84 Å². The monoisotopic (exact) mass is 229 g/mol. The summed E-state index contributed by atoms with van der Waals surface area (Å²) in [5.41, 5.74) is -0.833. The highest BCUT2D eigenvalue weighted by Gasteiger charge is 2.34. The Morgan fingerprint density at radius 1 is 1.62 bits per heavy atom. The Morgan fingerprint density at radius 2 is 2.31 bits per heavy atom. The van der Waals surface area contributed by atoms with Gasteiger partial charge in [-0.3, -0.25) is 10.1 Å². The molecule has 0 spiro atoms. The second-order valence-corrected chi connectivity index (χ2v) is 5.25. The van der Waals surface area contributed by atoms with Gasteiger partial charge in [0.2, 0.25) is 0 Å². The molecular weight excluding hydrogens is 206 g/mol. The molecule has 0 radical (unpaired) electrons. The zero-order chi connectivity index (χ0) is 12.2. The minimum atomic E-state index is -0.833. The minimum absolute atomic E-state index is 0.186. The number of nitrogens with one attached hydrogen (secondary N) is 1. The molecule has 0 aromatic rings. The fraction of sp³-hybridized carbons (Fsp3) is 0.917.